The van der Waals surface area contributed by atoms with Crippen LogP contribution in [0.4, 0.5) is 45.4 Å². The first-order valence-corrected chi connectivity index (χ1v) is 16.6. The summed E-state index contributed by atoms with van der Waals surface area (Å²) in [7, 11) is -0.872. The van der Waals surface area contributed by atoms with Gasteiger partial charge < -0.3 is 20.3 Å². The highest BCUT2D eigenvalue weighted by Gasteiger charge is 2.45. The number of amides is 4. The Bertz CT molecular complexity index is 2080. The number of hydrogen-bond donors (Lipinski definition) is 2. The quantitative estimate of drug-likeness (QED) is 0.151. The van der Waals surface area contributed by atoms with E-state index in [1.54, 1.807) is 13.8 Å². The SMILES string of the molecule is CC(C)N1CC(C(=O)Nc2ccc(Oc3ccnc(Nc4ccc(S(=O)(=O)N(C)C)cn4)c3)c(F)c2)C(=O)N(c2cccc(C(F)(F)F)c2)C1=O. The van der Waals surface area contributed by atoms with Gasteiger partial charge in [-0.15, -0.1) is 0 Å². The average molecular weight is 730 g/mol. The molecule has 0 radical (unpaired) electrons. The number of anilines is 4. The second-order valence-corrected chi connectivity index (χ2v) is 13.9. The molecule has 1 aliphatic heterocycles. The van der Waals surface area contributed by atoms with E-state index in [1.165, 1.54) is 67.8 Å². The predicted molar refractivity (Wildman–Crippen MR) is 177 cm³/mol. The molecule has 268 valence electrons. The maximum Gasteiger partial charge on any atom is 0.416 e. The number of hydrogen-bond acceptors (Lipinski definition) is 9. The number of nitrogens with zero attached hydrogens (tertiary/aromatic N) is 5. The number of benzene rings is 2. The molecule has 0 spiro atoms. The summed E-state index contributed by atoms with van der Waals surface area (Å²) in [6, 6.07) is 11.5. The van der Waals surface area contributed by atoms with Gasteiger partial charge in [0.15, 0.2) is 11.6 Å². The van der Waals surface area contributed by atoms with E-state index < -0.39 is 57.4 Å². The van der Waals surface area contributed by atoms with Gasteiger partial charge in [0.2, 0.25) is 21.8 Å². The lowest BCUT2D eigenvalue weighted by atomic mass is 10.0. The van der Waals surface area contributed by atoms with Crippen molar-refractivity contribution in [1.82, 2.24) is 19.2 Å². The zero-order chi connectivity index (χ0) is 37.2. The van der Waals surface area contributed by atoms with Gasteiger partial charge in [-0.1, -0.05) is 6.07 Å². The highest BCUT2D eigenvalue weighted by Crippen LogP contribution is 2.34. The van der Waals surface area contributed by atoms with E-state index in [1.807, 2.05) is 0 Å². The van der Waals surface area contributed by atoms with Crippen molar-refractivity contribution in [2.24, 2.45) is 5.92 Å². The maximum absolute atomic E-state index is 15.2. The van der Waals surface area contributed by atoms with E-state index in [4.69, 9.17) is 4.74 Å². The number of nitrogens with one attached hydrogen (secondary N) is 2. The predicted octanol–water partition coefficient (Wildman–Crippen LogP) is 5.85. The van der Waals surface area contributed by atoms with Crippen molar-refractivity contribution in [1.29, 1.82) is 0 Å². The molecule has 5 rings (SSSR count). The monoisotopic (exact) mass is 729 g/mol. The Balaban J connectivity index is 1.29. The molecular weight excluding hydrogens is 698 g/mol. The lowest BCUT2D eigenvalue weighted by Crippen LogP contribution is -2.61. The maximum atomic E-state index is 15.2. The van der Waals surface area contributed by atoms with Gasteiger partial charge in [-0.05, 0) is 62.4 Å². The number of urea groups is 1. The van der Waals surface area contributed by atoms with Crippen LogP contribution >= 0.6 is 0 Å². The molecule has 13 nitrogen and oxygen atoms in total. The van der Waals surface area contributed by atoms with E-state index in [0.717, 1.165) is 28.6 Å². The molecule has 1 unspecified atom stereocenters. The smallest absolute Gasteiger partial charge is 0.416 e. The number of sulfonamides is 1. The number of aromatic nitrogens is 2. The number of pyridine rings is 2. The molecule has 2 N–H and O–H groups in total. The van der Waals surface area contributed by atoms with Gasteiger partial charge in [-0.3, -0.25) is 9.59 Å². The van der Waals surface area contributed by atoms with Crippen LogP contribution in [0.15, 0.2) is 84.0 Å². The molecule has 0 bridgehead atoms. The van der Waals surface area contributed by atoms with Gasteiger partial charge >= 0.3 is 12.2 Å². The third-order valence-corrected chi connectivity index (χ3v) is 9.43. The highest BCUT2D eigenvalue weighted by atomic mass is 32.2. The molecule has 3 heterocycles. The normalized spacial score (nSPS) is 15.4. The van der Waals surface area contributed by atoms with Crippen LogP contribution in [0.1, 0.15) is 19.4 Å². The Labute approximate surface area is 289 Å². The molecule has 1 fully saturated rings. The minimum atomic E-state index is -4.74. The van der Waals surface area contributed by atoms with Gasteiger partial charge in [0.25, 0.3) is 0 Å². The fourth-order valence-corrected chi connectivity index (χ4v) is 5.77. The standard InChI is InChI=1S/C33H31F4N7O6S/c1-19(2)43-18-25(31(46)44(32(43)47)22-7-5-6-20(14-22)33(35,36)37)30(45)40-21-8-10-27(26(34)15-21)50-23-12-13-38-29(16-23)41-28-11-9-24(17-39-28)51(48,49)42(3)4/h5-17,19,25H,18H2,1-4H3,(H,40,45)(H,38,39,41). The van der Waals surface area contributed by atoms with Gasteiger partial charge in [0, 0.05) is 56.9 Å². The third-order valence-electron chi connectivity index (χ3n) is 7.64. The Kier molecular flexibility index (Phi) is 10.3. The molecule has 1 atom stereocenters. The van der Waals surface area contributed by atoms with Crippen LogP contribution in [0.25, 0.3) is 0 Å². The molecule has 4 amide bonds. The molecule has 0 aliphatic carbocycles. The van der Waals surface area contributed by atoms with Gasteiger partial charge in [0.1, 0.15) is 28.2 Å². The number of ether oxygens (including phenoxy) is 1. The van der Waals surface area contributed by atoms with E-state index >= 15 is 4.39 Å². The molecule has 51 heavy (non-hydrogen) atoms. The van der Waals surface area contributed by atoms with E-state index in [-0.39, 0.29) is 45.9 Å². The summed E-state index contributed by atoms with van der Waals surface area (Å²) in [5.74, 6) is -3.91. The molecule has 0 saturated carbocycles. The summed E-state index contributed by atoms with van der Waals surface area (Å²) >= 11 is 0. The molecule has 1 aliphatic rings. The molecule has 1 saturated heterocycles. The van der Waals surface area contributed by atoms with Crippen LogP contribution in [0.3, 0.4) is 0 Å². The Morgan fingerprint density at radius 1 is 1.00 bits per heavy atom. The lowest BCUT2D eigenvalue weighted by Gasteiger charge is -2.40. The van der Waals surface area contributed by atoms with Crippen LogP contribution in [-0.4, -0.2) is 72.1 Å². The van der Waals surface area contributed by atoms with Crippen molar-refractivity contribution in [3.63, 3.8) is 0 Å². The number of alkyl halides is 3. The lowest BCUT2D eigenvalue weighted by molar-refractivity contribution is -0.138. The topological polar surface area (TPSA) is 154 Å². The summed E-state index contributed by atoms with van der Waals surface area (Å²) in [6.45, 7) is 2.89. The van der Waals surface area contributed by atoms with Crippen molar-refractivity contribution >= 4 is 50.9 Å². The third kappa shape index (κ3) is 8.07. The summed E-state index contributed by atoms with van der Waals surface area (Å²) in [4.78, 5) is 50.0. The second kappa shape index (κ2) is 14.3. The molecule has 4 aromatic rings. The van der Waals surface area contributed by atoms with Gasteiger partial charge in [0.05, 0.1) is 11.3 Å². The Morgan fingerprint density at radius 2 is 1.75 bits per heavy atom. The van der Waals surface area contributed by atoms with Crippen LogP contribution in [0.5, 0.6) is 11.5 Å². The fourth-order valence-electron chi connectivity index (χ4n) is 4.93. The zero-order valence-corrected chi connectivity index (χ0v) is 28.3. The van der Waals surface area contributed by atoms with Crippen molar-refractivity contribution in [3.05, 3.63) is 90.5 Å². The summed E-state index contributed by atoms with van der Waals surface area (Å²) < 4.78 is 86.6. The van der Waals surface area contributed by atoms with Crippen molar-refractivity contribution in [3.8, 4) is 11.5 Å². The van der Waals surface area contributed by atoms with Crippen molar-refractivity contribution in [2.75, 3.05) is 36.2 Å². The number of carbonyl (C=O) groups excluding carboxylic acids is 3. The Morgan fingerprint density at radius 3 is 2.37 bits per heavy atom. The van der Waals surface area contributed by atoms with E-state index in [2.05, 4.69) is 20.6 Å². The number of carbonyl (C=O) groups is 3. The van der Waals surface area contributed by atoms with Crippen molar-refractivity contribution in [2.45, 2.75) is 31.0 Å². The molecule has 2 aromatic carbocycles. The molecule has 2 aromatic heterocycles. The zero-order valence-electron chi connectivity index (χ0n) is 27.5. The number of imide groups is 1. The van der Waals surface area contributed by atoms with Crippen LogP contribution in [0.2, 0.25) is 0 Å². The fraction of sp³-hybridized carbons (Fsp3) is 0.242. The van der Waals surface area contributed by atoms with Crippen LogP contribution in [-0.2, 0) is 25.8 Å². The minimum absolute atomic E-state index is 0.00621. The first-order chi connectivity index (χ1) is 23.9. The van der Waals surface area contributed by atoms with Crippen molar-refractivity contribution < 1.29 is 45.1 Å². The van der Waals surface area contributed by atoms with Crippen LogP contribution in [0, 0.1) is 11.7 Å². The largest absolute Gasteiger partial charge is 0.454 e. The molecule has 18 heteroatoms. The Hall–Kier alpha value is -5.62. The number of rotatable bonds is 10. The van der Waals surface area contributed by atoms with E-state index in [0.29, 0.717) is 11.0 Å². The van der Waals surface area contributed by atoms with Gasteiger partial charge in [-0.2, -0.15) is 13.2 Å². The first kappa shape index (κ1) is 36.7. The molecular formula is C33H31F4N7O6S. The van der Waals surface area contributed by atoms with Crippen LogP contribution < -0.4 is 20.3 Å². The highest BCUT2D eigenvalue weighted by molar-refractivity contribution is 7.89. The summed E-state index contributed by atoms with van der Waals surface area (Å²) in [5, 5.41) is 5.34. The average Bonchev–Trinajstić information content (AvgIpc) is 3.06. The summed E-state index contributed by atoms with van der Waals surface area (Å²) in [6.07, 6.45) is -2.18. The van der Waals surface area contributed by atoms with Gasteiger partial charge in [-0.25, -0.2) is 36.8 Å². The summed E-state index contributed by atoms with van der Waals surface area (Å²) in [5.41, 5.74) is -1.49. The van der Waals surface area contributed by atoms with E-state index in [9.17, 15) is 36.0 Å². The minimum Gasteiger partial charge on any atom is -0.454 e. The number of halogens is 4. The first-order valence-electron chi connectivity index (χ1n) is 15.2. The second-order valence-electron chi connectivity index (χ2n) is 11.7.